The fraction of sp³-hybridized carbons (Fsp3) is 0.444. The number of methoxy groups -OCH3 is 1. The van der Waals surface area contributed by atoms with Crippen molar-refractivity contribution in [1.29, 1.82) is 0 Å². The van der Waals surface area contributed by atoms with E-state index >= 15 is 0 Å². The van der Waals surface area contributed by atoms with Gasteiger partial charge in [0.15, 0.2) is 0 Å². The third-order valence-electron chi connectivity index (χ3n) is 1.91. The number of ether oxygens (including phenoxy) is 1. The number of nitrogens with two attached hydrogens (primary N) is 1. The Bertz CT molecular complexity index is 420. The van der Waals surface area contributed by atoms with Gasteiger partial charge in [-0.25, -0.2) is 14.8 Å². The predicted octanol–water partition coefficient (Wildman–Crippen LogP) is 1.34. The van der Waals surface area contributed by atoms with Crippen molar-refractivity contribution in [2.75, 3.05) is 12.8 Å². The minimum Gasteiger partial charge on any atom is -0.465 e. The number of rotatable bonds is 3. The average molecular weight is 249 g/mol. The first kappa shape index (κ1) is 13.2. The van der Waals surface area contributed by atoms with Crippen LogP contribution in [0.5, 0.6) is 0 Å². The Hall–Kier alpha value is -1.86. The highest BCUT2D eigenvalue weighted by Crippen LogP contribution is 2.21. The summed E-state index contributed by atoms with van der Waals surface area (Å²) >= 11 is 0. The van der Waals surface area contributed by atoms with Crippen molar-refractivity contribution in [2.24, 2.45) is 0 Å². The van der Waals surface area contributed by atoms with E-state index in [2.05, 4.69) is 14.7 Å². The summed E-state index contributed by atoms with van der Waals surface area (Å²) in [6, 6.07) is 0. The number of nitrogens with zero attached hydrogens (tertiary/aromatic N) is 2. The van der Waals surface area contributed by atoms with E-state index in [1.807, 2.05) is 0 Å². The highest BCUT2D eigenvalue weighted by Gasteiger charge is 2.27. The van der Waals surface area contributed by atoms with Crippen LogP contribution in [0.2, 0.25) is 0 Å². The van der Waals surface area contributed by atoms with Gasteiger partial charge in [-0.05, 0) is 0 Å². The summed E-state index contributed by atoms with van der Waals surface area (Å²) in [4.78, 5) is 18.3. The maximum Gasteiger partial charge on any atom is 0.389 e. The third kappa shape index (κ3) is 3.89. The molecule has 2 N–H and O–H groups in total. The molecule has 17 heavy (non-hydrogen) atoms. The Morgan fingerprint density at radius 3 is 2.65 bits per heavy atom. The Morgan fingerprint density at radius 2 is 2.18 bits per heavy atom. The van der Waals surface area contributed by atoms with Gasteiger partial charge in [0, 0.05) is 12.6 Å². The Labute approximate surface area is 94.8 Å². The normalized spacial score (nSPS) is 11.3. The number of alkyl halides is 3. The molecular weight excluding hydrogens is 239 g/mol. The molecule has 94 valence electrons. The van der Waals surface area contributed by atoms with Gasteiger partial charge in [-0.3, -0.25) is 0 Å². The number of nitrogen functional groups attached to an aromatic ring is 1. The minimum atomic E-state index is -4.28. The van der Waals surface area contributed by atoms with Gasteiger partial charge >= 0.3 is 12.1 Å². The number of hydrogen-bond acceptors (Lipinski definition) is 5. The highest BCUT2D eigenvalue weighted by molar-refractivity contribution is 5.93. The molecule has 5 nitrogen and oxygen atoms in total. The molecule has 0 atom stereocenters. The van der Waals surface area contributed by atoms with Crippen molar-refractivity contribution in [1.82, 2.24) is 9.97 Å². The van der Waals surface area contributed by atoms with Crippen molar-refractivity contribution in [2.45, 2.75) is 19.0 Å². The molecule has 1 aromatic heterocycles. The molecule has 0 amide bonds. The van der Waals surface area contributed by atoms with Gasteiger partial charge in [0.25, 0.3) is 0 Å². The number of carbonyl (C=O) groups excluding carboxylic acids is 1. The van der Waals surface area contributed by atoms with E-state index in [0.717, 1.165) is 13.3 Å². The molecule has 1 rings (SSSR count). The Balaban J connectivity index is 2.79. The fourth-order valence-corrected chi connectivity index (χ4v) is 1.07. The van der Waals surface area contributed by atoms with Crippen molar-refractivity contribution < 1.29 is 22.7 Å². The van der Waals surface area contributed by atoms with Gasteiger partial charge in [-0.1, -0.05) is 0 Å². The number of hydrogen-bond donors (Lipinski definition) is 1. The average Bonchev–Trinajstić information content (AvgIpc) is 2.24. The predicted molar refractivity (Wildman–Crippen MR) is 52.2 cm³/mol. The summed E-state index contributed by atoms with van der Waals surface area (Å²) in [5.74, 6) is -0.985. The maximum absolute atomic E-state index is 11.9. The van der Waals surface area contributed by atoms with E-state index in [4.69, 9.17) is 5.73 Å². The van der Waals surface area contributed by atoms with Gasteiger partial charge in [0.1, 0.15) is 17.2 Å². The van der Waals surface area contributed by atoms with E-state index < -0.39 is 18.6 Å². The van der Waals surface area contributed by atoms with Crippen LogP contribution >= 0.6 is 0 Å². The second kappa shape index (κ2) is 4.98. The molecule has 1 aromatic rings. The smallest absolute Gasteiger partial charge is 0.389 e. The number of anilines is 1. The van der Waals surface area contributed by atoms with E-state index in [-0.39, 0.29) is 23.6 Å². The van der Waals surface area contributed by atoms with Gasteiger partial charge in [-0.2, -0.15) is 13.2 Å². The number of aromatic nitrogens is 2. The van der Waals surface area contributed by atoms with Crippen LogP contribution in [0.15, 0.2) is 6.20 Å². The van der Waals surface area contributed by atoms with Gasteiger partial charge in [0.05, 0.1) is 13.5 Å². The van der Waals surface area contributed by atoms with Gasteiger partial charge < -0.3 is 10.5 Å². The van der Waals surface area contributed by atoms with Crippen molar-refractivity contribution in [3.8, 4) is 0 Å². The Kier molecular flexibility index (Phi) is 3.87. The first-order valence-corrected chi connectivity index (χ1v) is 4.60. The third-order valence-corrected chi connectivity index (χ3v) is 1.91. The highest BCUT2D eigenvalue weighted by atomic mass is 19.4. The monoisotopic (exact) mass is 249 g/mol. The summed E-state index contributed by atoms with van der Waals surface area (Å²) in [7, 11) is 1.15. The van der Waals surface area contributed by atoms with Crippen molar-refractivity contribution in [3.05, 3.63) is 17.6 Å². The minimum absolute atomic E-state index is 0.0625. The molecule has 0 spiro atoms. The van der Waals surface area contributed by atoms with E-state index in [0.29, 0.717) is 0 Å². The molecule has 0 bridgehead atoms. The molecule has 0 aliphatic heterocycles. The molecule has 0 aliphatic carbocycles. The zero-order valence-electron chi connectivity index (χ0n) is 8.91. The lowest BCUT2D eigenvalue weighted by Gasteiger charge is -2.07. The maximum atomic E-state index is 11.9. The van der Waals surface area contributed by atoms with Crippen molar-refractivity contribution >= 4 is 11.8 Å². The molecule has 8 heteroatoms. The van der Waals surface area contributed by atoms with Crippen LogP contribution in [-0.4, -0.2) is 29.2 Å². The first-order chi connectivity index (χ1) is 7.83. The number of esters is 1. The summed E-state index contributed by atoms with van der Waals surface area (Å²) in [6.45, 7) is 0. The molecule has 0 radical (unpaired) electrons. The van der Waals surface area contributed by atoms with Crippen LogP contribution in [-0.2, 0) is 11.2 Å². The summed E-state index contributed by atoms with van der Waals surface area (Å²) in [5, 5.41) is 0. The van der Waals surface area contributed by atoms with Gasteiger partial charge in [0.2, 0.25) is 0 Å². The molecule has 0 unspecified atom stereocenters. The zero-order valence-corrected chi connectivity index (χ0v) is 8.91. The number of carbonyl (C=O) groups is 1. The second-order valence-electron chi connectivity index (χ2n) is 3.19. The zero-order chi connectivity index (χ0) is 13.1. The summed E-state index contributed by atoms with van der Waals surface area (Å²) < 4.78 is 40.2. The second-order valence-corrected chi connectivity index (χ2v) is 3.19. The SMILES string of the molecule is COC(=O)c1cnc(CCC(F)(F)F)nc1N. The first-order valence-electron chi connectivity index (χ1n) is 4.60. The summed E-state index contributed by atoms with van der Waals surface area (Å²) in [6.07, 6.45) is -4.64. The fourth-order valence-electron chi connectivity index (χ4n) is 1.07. The topological polar surface area (TPSA) is 78.1 Å². The molecule has 0 aliphatic rings. The molecule has 0 fully saturated rings. The molecule has 0 aromatic carbocycles. The van der Waals surface area contributed by atoms with Crippen LogP contribution in [0.4, 0.5) is 19.0 Å². The van der Waals surface area contributed by atoms with Gasteiger partial charge in [-0.15, -0.1) is 0 Å². The van der Waals surface area contributed by atoms with Crippen LogP contribution in [0.1, 0.15) is 22.6 Å². The van der Waals surface area contributed by atoms with E-state index in [1.165, 1.54) is 0 Å². The lowest BCUT2D eigenvalue weighted by atomic mass is 10.2. The summed E-state index contributed by atoms with van der Waals surface area (Å²) in [5.41, 5.74) is 5.34. The standard InChI is InChI=1S/C9H10F3N3O2/c1-17-8(16)5-4-14-6(15-7(5)13)2-3-9(10,11)12/h4H,2-3H2,1H3,(H2,13,14,15). The molecule has 1 heterocycles. The lowest BCUT2D eigenvalue weighted by molar-refractivity contribution is -0.134. The molecule has 0 saturated heterocycles. The van der Waals surface area contributed by atoms with Crippen LogP contribution < -0.4 is 5.73 Å². The number of aryl methyl sites for hydroxylation is 1. The van der Waals surface area contributed by atoms with Crippen LogP contribution in [0.25, 0.3) is 0 Å². The quantitative estimate of drug-likeness (QED) is 0.818. The van der Waals surface area contributed by atoms with E-state index in [1.54, 1.807) is 0 Å². The van der Waals surface area contributed by atoms with Crippen molar-refractivity contribution in [3.63, 3.8) is 0 Å². The van der Waals surface area contributed by atoms with E-state index in [9.17, 15) is 18.0 Å². The van der Waals surface area contributed by atoms with Crippen LogP contribution in [0, 0.1) is 0 Å². The lowest BCUT2D eigenvalue weighted by Crippen LogP contribution is -2.13. The number of halogens is 3. The molecular formula is C9H10F3N3O2. The largest absolute Gasteiger partial charge is 0.465 e. The van der Waals surface area contributed by atoms with Crippen LogP contribution in [0.3, 0.4) is 0 Å². The molecule has 0 saturated carbocycles. The Morgan fingerprint density at radius 1 is 1.53 bits per heavy atom.